The van der Waals surface area contributed by atoms with Gasteiger partial charge in [-0.05, 0) is 36.6 Å². The second-order valence-electron chi connectivity index (χ2n) is 4.70. The SMILES string of the molecule is CC(O)C(Cc1ccccc1)c1ccc(Cl)cc1Cl. The van der Waals surface area contributed by atoms with Crippen LogP contribution in [-0.4, -0.2) is 11.2 Å². The molecule has 0 aliphatic rings. The Labute approximate surface area is 123 Å². The maximum atomic E-state index is 10.0. The summed E-state index contributed by atoms with van der Waals surface area (Å²) in [5.74, 6) is -0.0350. The van der Waals surface area contributed by atoms with Crippen molar-refractivity contribution in [1.29, 1.82) is 0 Å². The zero-order valence-electron chi connectivity index (χ0n) is 10.7. The van der Waals surface area contributed by atoms with E-state index in [1.165, 1.54) is 5.56 Å². The summed E-state index contributed by atoms with van der Waals surface area (Å²) in [4.78, 5) is 0. The van der Waals surface area contributed by atoms with Gasteiger partial charge in [-0.3, -0.25) is 0 Å². The molecule has 0 aromatic heterocycles. The molecule has 2 aromatic carbocycles. The standard InChI is InChI=1S/C16H16Cl2O/c1-11(19)15(9-12-5-3-2-4-6-12)14-8-7-13(17)10-16(14)18/h2-8,10-11,15,19H,9H2,1H3. The van der Waals surface area contributed by atoms with Crippen LogP contribution in [0.15, 0.2) is 48.5 Å². The fourth-order valence-corrected chi connectivity index (χ4v) is 2.76. The molecule has 0 bridgehead atoms. The third-order valence-corrected chi connectivity index (χ3v) is 3.81. The lowest BCUT2D eigenvalue weighted by Gasteiger charge is -2.22. The summed E-state index contributed by atoms with van der Waals surface area (Å²) < 4.78 is 0. The lowest BCUT2D eigenvalue weighted by Crippen LogP contribution is -2.17. The van der Waals surface area contributed by atoms with Crippen molar-refractivity contribution in [2.45, 2.75) is 25.4 Å². The Morgan fingerprint density at radius 2 is 1.74 bits per heavy atom. The number of halogens is 2. The third-order valence-electron chi connectivity index (χ3n) is 3.24. The molecule has 100 valence electrons. The first-order valence-corrected chi connectivity index (χ1v) is 7.00. The molecule has 0 spiro atoms. The second-order valence-corrected chi connectivity index (χ2v) is 5.55. The zero-order valence-corrected chi connectivity index (χ0v) is 12.2. The quantitative estimate of drug-likeness (QED) is 0.866. The van der Waals surface area contributed by atoms with Gasteiger partial charge in [0.05, 0.1) is 6.10 Å². The largest absolute Gasteiger partial charge is 0.393 e. The highest BCUT2D eigenvalue weighted by molar-refractivity contribution is 6.35. The van der Waals surface area contributed by atoms with Crippen molar-refractivity contribution in [3.8, 4) is 0 Å². The fraction of sp³-hybridized carbons (Fsp3) is 0.250. The highest BCUT2D eigenvalue weighted by atomic mass is 35.5. The molecule has 0 amide bonds. The predicted octanol–water partition coefficient (Wildman–Crippen LogP) is 4.70. The summed E-state index contributed by atoms with van der Waals surface area (Å²) >= 11 is 12.2. The molecule has 2 unspecified atom stereocenters. The van der Waals surface area contributed by atoms with Crippen LogP contribution in [0.4, 0.5) is 0 Å². The van der Waals surface area contributed by atoms with Crippen LogP contribution in [0.25, 0.3) is 0 Å². The molecule has 2 rings (SSSR count). The van der Waals surface area contributed by atoms with Gasteiger partial charge in [0.15, 0.2) is 0 Å². The van der Waals surface area contributed by atoms with Gasteiger partial charge in [-0.15, -0.1) is 0 Å². The van der Waals surface area contributed by atoms with Gasteiger partial charge in [0.1, 0.15) is 0 Å². The Morgan fingerprint density at radius 3 is 2.32 bits per heavy atom. The first-order chi connectivity index (χ1) is 9.08. The lowest BCUT2D eigenvalue weighted by molar-refractivity contribution is 0.161. The van der Waals surface area contributed by atoms with Gasteiger partial charge < -0.3 is 5.11 Å². The van der Waals surface area contributed by atoms with E-state index in [9.17, 15) is 5.11 Å². The van der Waals surface area contributed by atoms with Crippen molar-refractivity contribution in [2.24, 2.45) is 0 Å². The lowest BCUT2D eigenvalue weighted by atomic mass is 9.88. The Balaban J connectivity index is 2.30. The molecule has 0 saturated heterocycles. The number of rotatable bonds is 4. The van der Waals surface area contributed by atoms with Gasteiger partial charge in [0.25, 0.3) is 0 Å². The maximum Gasteiger partial charge on any atom is 0.0584 e. The molecule has 1 nitrogen and oxygen atoms in total. The van der Waals surface area contributed by atoms with E-state index in [1.807, 2.05) is 30.3 Å². The Kier molecular flexibility index (Phi) is 4.87. The van der Waals surface area contributed by atoms with Crippen molar-refractivity contribution in [2.75, 3.05) is 0 Å². The molecule has 2 atom stereocenters. The molecule has 0 aliphatic heterocycles. The normalized spacial score (nSPS) is 14.1. The molecule has 0 aliphatic carbocycles. The number of hydrogen-bond acceptors (Lipinski definition) is 1. The molecule has 1 N–H and O–H groups in total. The van der Waals surface area contributed by atoms with Crippen LogP contribution in [0.3, 0.4) is 0 Å². The number of hydrogen-bond donors (Lipinski definition) is 1. The minimum atomic E-state index is -0.473. The molecule has 0 fully saturated rings. The van der Waals surface area contributed by atoms with E-state index in [2.05, 4.69) is 12.1 Å². The van der Waals surface area contributed by atoms with E-state index in [0.717, 1.165) is 12.0 Å². The van der Waals surface area contributed by atoms with Crippen LogP contribution in [-0.2, 0) is 6.42 Å². The highest BCUT2D eigenvalue weighted by Gasteiger charge is 2.20. The van der Waals surface area contributed by atoms with E-state index < -0.39 is 6.10 Å². The molecule has 0 saturated carbocycles. The van der Waals surface area contributed by atoms with E-state index in [1.54, 1.807) is 13.0 Å². The van der Waals surface area contributed by atoms with Gasteiger partial charge in [-0.2, -0.15) is 0 Å². The minimum Gasteiger partial charge on any atom is -0.393 e. The monoisotopic (exact) mass is 294 g/mol. The van der Waals surface area contributed by atoms with E-state index in [0.29, 0.717) is 10.0 Å². The molecule has 3 heteroatoms. The first kappa shape index (κ1) is 14.4. The van der Waals surface area contributed by atoms with Crippen molar-refractivity contribution in [3.63, 3.8) is 0 Å². The van der Waals surface area contributed by atoms with Crippen LogP contribution in [0.1, 0.15) is 24.0 Å². The van der Waals surface area contributed by atoms with Crippen LogP contribution in [0, 0.1) is 0 Å². The summed E-state index contributed by atoms with van der Waals surface area (Å²) in [7, 11) is 0. The molecule has 0 heterocycles. The molecule has 2 aromatic rings. The summed E-state index contributed by atoms with van der Waals surface area (Å²) in [6, 6.07) is 15.5. The Bertz CT molecular complexity index is 538. The second kappa shape index (κ2) is 6.42. The molecule has 0 radical (unpaired) electrons. The van der Waals surface area contributed by atoms with E-state index >= 15 is 0 Å². The fourth-order valence-electron chi connectivity index (χ4n) is 2.21. The van der Waals surface area contributed by atoms with Crippen molar-refractivity contribution < 1.29 is 5.11 Å². The van der Waals surface area contributed by atoms with Crippen LogP contribution in [0.5, 0.6) is 0 Å². The topological polar surface area (TPSA) is 20.2 Å². The van der Waals surface area contributed by atoms with E-state index in [-0.39, 0.29) is 5.92 Å². The van der Waals surface area contributed by atoms with Gasteiger partial charge in [0.2, 0.25) is 0 Å². The average molecular weight is 295 g/mol. The van der Waals surface area contributed by atoms with Crippen molar-refractivity contribution >= 4 is 23.2 Å². The van der Waals surface area contributed by atoms with Crippen LogP contribution >= 0.6 is 23.2 Å². The van der Waals surface area contributed by atoms with Crippen LogP contribution < -0.4 is 0 Å². The molecular formula is C16H16Cl2O. The molecule has 19 heavy (non-hydrogen) atoms. The van der Waals surface area contributed by atoms with Crippen LogP contribution in [0.2, 0.25) is 10.0 Å². The predicted molar refractivity (Wildman–Crippen MR) is 81.0 cm³/mol. The molecular weight excluding hydrogens is 279 g/mol. The summed E-state index contributed by atoms with van der Waals surface area (Å²) in [5, 5.41) is 11.2. The first-order valence-electron chi connectivity index (χ1n) is 6.25. The average Bonchev–Trinajstić information content (AvgIpc) is 2.38. The Hall–Kier alpha value is -1.02. The van der Waals surface area contributed by atoms with Gasteiger partial charge in [-0.1, -0.05) is 59.6 Å². The minimum absolute atomic E-state index is 0.0350. The summed E-state index contributed by atoms with van der Waals surface area (Å²) in [6.07, 6.45) is 0.277. The van der Waals surface area contributed by atoms with Gasteiger partial charge >= 0.3 is 0 Å². The zero-order chi connectivity index (χ0) is 13.8. The highest BCUT2D eigenvalue weighted by Crippen LogP contribution is 2.32. The van der Waals surface area contributed by atoms with Gasteiger partial charge in [0, 0.05) is 16.0 Å². The van der Waals surface area contributed by atoms with Gasteiger partial charge in [-0.25, -0.2) is 0 Å². The van der Waals surface area contributed by atoms with Crippen molar-refractivity contribution in [3.05, 3.63) is 69.7 Å². The summed E-state index contributed by atoms with van der Waals surface area (Å²) in [6.45, 7) is 1.79. The Morgan fingerprint density at radius 1 is 1.05 bits per heavy atom. The number of aliphatic hydroxyl groups excluding tert-OH is 1. The van der Waals surface area contributed by atoms with Crippen molar-refractivity contribution in [1.82, 2.24) is 0 Å². The maximum absolute atomic E-state index is 10.0. The van der Waals surface area contributed by atoms with E-state index in [4.69, 9.17) is 23.2 Å². The summed E-state index contributed by atoms with van der Waals surface area (Å²) in [5.41, 5.74) is 2.12. The smallest absolute Gasteiger partial charge is 0.0584 e. The third kappa shape index (κ3) is 3.73. The number of aliphatic hydroxyl groups is 1. The number of benzene rings is 2.